The van der Waals surface area contributed by atoms with Gasteiger partial charge in [0.1, 0.15) is 0 Å². The van der Waals surface area contributed by atoms with E-state index in [0.29, 0.717) is 28.2 Å². The molecule has 0 bridgehead atoms. The molecule has 128 valence electrons. The van der Waals surface area contributed by atoms with Crippen LogP contribution in [0, 0.1) is 0 Å². The predicted octanol–water partition coefficient (Wildman–Crippen LogP) is 3.05. The largest absolute Gasteiger partial charge is 0.417 e. The molecule has 25 heavy (non-hydrogen) atoms. The third-order valence-electron chi connectivity index (χ3n) is 3.76. The van der Waals surface area contributed by atoms with Crippen LogP contribution in [0.25, 0.3) is 11.1 Å². The molecule has 0 saturated carbocycles. The van der Waals surface area contributed by atoms with E-state index >= 15 is 0 Å². The Hall–Kier alpha value is -2.86. The van der Waals surface area contributed by atoms with Gasteiger partial charge in [-0.05, 0) is 29.8 Å². The maximum atomic E-state index is 12.2. The molecule has 2 aromatic carbocycles. The first-order valence-corrected chi connectivity index (χ1v) is 8.07. The van der Waals surface area contributed by atoms with Crippen LogP contribution in [-0.2, 0) is 11.3 Å². The van der Waals surface area contributed by atoms with Crippen LogP contribution < -0.4 is 11.1 Å². The molecule has 0 atom stereocenters. The van der Waals surface area contributed by atoms with E-state index in [1.54, 1.807) is 18.2 Å². The van der Waals surface area contributed by atoms with Crippen molar-refractivity contribution in [1.29, 1.82) is 0 Å². The minimum atomic E-state index is -0.571. The summed E-state index contributed by atoms with van der Waals surface area (Å²) in [6, 6.07) is 11.9. The van der Waals surface area contributed by atoms with Crippen LogP contribution in [0.5, 0.6) is 0 Å². The van der Waals surface area contributed by atoms with Gasteiger partial charge in [0, 0.05) is 30.0 Å². The van der Waals surface area contributed by atoms with Crippen molar-refractivity contribution in [2.45, 2.75) is 19.4 Å². The highest BCUT2D eigenvalue weighted by Gasteiger charge is 2.12. The van der Waals surface area contributed by atoms with Gasteiger partial charge in [-0.1, -0.05) is 29.8 Å². The van der Waals surface area contributed by atoms with Crippen molar-refractivity contribution in [3.05, 3.63) is 69.2 Å². The second-order valence-corrected chi connectivity index (χ2v) is 5.92. The Labute approximate surface area is 147 Å². The molecule has 0 unspecified atom stereocenters. The van der Waals surface area contributed by atoms with E-state index in [1.165, 1.54) is 6.07 Å². The van der Waals surface area contributed by atoms with E-state index in [1.807, 2.05) is 18.2 Å². The molecule has 3 aromatic rings. The molecule has 0 spiro atoms. The Bertz CT molecular complexity index is 990. The van der Waals surface area contributed by atoms with Crippen molar-refractivity contribution in [3.8, 4) is 0 Å². The monoisotopic (exact) mass is 358 g/mol. The normalized spacial score (nSPS) is 10.8. The summed E-state index contributed by atoms with van der Waals surface area (Å²) in [6.07, 6.45) is 0.132. The Morgan fingerprint density at radius 3 is 2.72 bits per heavy atom. The molecule has 0 saturated heterocycles. The molecule has 2 N–H and O–H groups in total. The van der Waals surface area contributed by atoms with E-state index in [2.05, 4.69) is 10.3 Å². The molecule has 7 heteroatoms. The van der Waals surface area contributed by atoms with E-state index in [4.69, 9.17) is 16.0 Å². The number of ketones is 1. The van der Waals surface area contributed by atoms with Crippen molar-refractivity contribution < 1.29 is 14.0 Å². The Morgan fingerprint density at radius 1 is 1.12 bits per heavy atom. The minimum absolute atomic E-state index is 0.0640. The molecular weight excluding hydrogens is 344 g/mol. The topological polar surface area (TPSA) is 92.2 Å². The Morgan fingerprint density at radius 2 is 1.92 bits per heavy atom. The average Bonchev–Trinajstić information content (AvgIpc) is 2.98. The van der Waals surface area contributed by atoms with E-state index in [9.17, 15) is 14.4 Å². The molecule has 0 aliphatic heterocycles. The number of benzene rings is 2. The number of aromatic nitrogens is 1. The Balaban J connectivity index is 1.54. The van der Waals surface area contributed by atoms with Gasteiger partial charge >= 0.3 is 5.76 Å². The second-order valence-electron chi connectivity index (χ2n) is 5.52. The quantitative estimate of drug-likeness (QED) is 0.662. The molecule has 0 aliphatic rings. The zero-order valence-corrected chi connectivity index (χ0v) is 13.9. The van der Waals surface area contributed by atoms with Crippen LogP contribution in [0.15, 0.2) is 51.7 Å². The molecule has 0 aliphatic carbocycles. The van der Waals surface area contributed by atoms with Crippen LogP contribution in [0.1, 0.15) is 28.8 Å². The van der Waals surface area contributed by atoms with Gasteiger partial charge in [-0.15, -0.1) is 0 Å². The van der Waals surface area contributed by atoms with Gasteiger partial charge in [-0.3, -0.25) is 14.6 Å². The summed E-state index contributed by atoms with van der Waals surface area (Å²) in [7, 11) is 0. The van der Waals surface area contributed by atoms with Crippen LogP contribution in [0.2, 0.25) is 5.02 Å². The maximum Gasteiger partial charge on any atom is 0.417 e. The van der Waals surface area contributed by atoms with E-state index < -0.39 is 5.76 Å². The summed E-state index contributed by atoms with van der Waals surface area (Å²) in [5, 5.41) is 3.32. The van der Waals surface area contributed by atoms with Crippen molar-refractivity contribution in [3.63, 3.8) is 0 Å². The number of H-pyrrole nitrogens is 1. The number of hydrogen-bond donors (Lipinski definition) is 2. The zero-order chi connectivity index (χ0) is 17.8. The minimum Gasteiger partial charge on any atom is -0.408 e. The maximum absolute atomic E-state index is 12.2. The molecule has 3 rings (SSSR count). The van der Waals surface area contributed by atoms with Gasteiger partial charge in [0.15, 0.2) is 11.4 Å². The summed E-state index contributed by atoms with van der Waals surface area (Å²) < 4.78 is 4.93. The van der Waals surface area contributed by atoms with Crippen molar-refractivity contribution in [1.82, 2.24) is 10.3 Å². The highest BCUT2D eigenvalue weighted by molar-refractivity contribution is 6.31. The van der Waals surface area contributed by atoms with E-state index in [-0.39, 0.29) is 24.5 Å². The first-order chi connectivity index (χ1) is 12.0. The SMILES string of the molecule is O=C(CCC(=O)c1ccc2[nH]c(=O)oc2c1)NCc1ccccc1Cl. The molecule has 1 heterocycles. The smallest absolute Gasteiger partial charge is 0.408 e. The molecule has 1 amide bonds. The zero-order valence-electron chi connectivity index (χ0n) is 13.2. The third-order valence-corrected chi connectivity index (χ3v) is 4.12. The number of halogens is 1. The first-order valence-electron chi connectivity index (χ1n) is 7.69. The Kier molecular flexibility index (Phi) is 5.00. The van der Waals surface area contributed by atoms with Gasteiger partial charge in [0.05, 0.1) is 5.52 Å². The van der Waals surface area contributed by atoms with Gasteiger partial charge in [0.2, 0.25) is 5.91 Å². The number of Topliss-reactive ketones (excluding diaryl/α,β-unsaturated/α-hetero) is 1. The van der Waals surface area contributed by atoms with Crippen molar-refractivity contribution in [2.24, 2.45) is 0 Å². The molecule has 1 aromatic heterocycles. The van der Waals surface area contributed by atoms with Crippen LogP contribution in [-0.4, -0.2) is 16.7 Å². The van der Waals surface area contributed by atoms with Crippen LogP contribution >= 0.6 is 11.6 Å². The van der Waals surface area contributed by atoms with Crippen molar-refractivity contribution >= 4 is 34.4 Å². The number of aromatic amines is 1. The van der Waals surface area contributed by atoms with Gasteiger partial charge in [0.25, 0.3) is 0 Å². The molecule has 0 radical (unpaired) electrons. The second kappa shape index (κ2) is 7.36. The fraction of sp³-hybridized carbons (Fsp3) is 0.167. The average molecular weight is 359 g/mol. The fourth-order valence-electron chi connectivity index (χ4n) is 2.41. The summed E-state index contributed by atoms with van der Waals surface area (Å²) in [6.45, 7) is 0.313. The number of hydrogen-bond acceptors (Lipinski definition) is 4. The number of oxazole rings is 1. The lowest BCUT2D eigenvalue weighted by Crippen LogP contribution is -2.23. The van der Waals surface area contributed by atoms with Crippen molar-refractivity contribution in [2.75, 3.05) is 0 Å². The fourth-order valence-corrected chi connectivity index (χ4v) is 2.62. The molecular formula is C18H15ClN2O4. The number of carbonyl (C=O) groups is 2. The van der Waals surface area contributed by atoms with Gasteiger partial charge in [-0.25, -0.2) is 4.79 Å². The lowest BCUT2D eigenvalue weighted by molar-refractivity contribution is -0.121. The third kappa shape index (κ3) is 4.16. The lowest BCUT2D eigenvalue weighted by atomic mass is 10.1. The van der Waals surface area contributed by atoms with E-state index in [0.717, 1.165) is 5.56 Å². The van der Waals surface area contributed by atoms with Gasteiger partial charge in [-0.2, -0.15) is 0 Å². The summed E-state index contributed by atoms with van der Waals surface area (Å²) in [4.78, 5) is 37.7. The first kappa shape index (κ1) is 17.0. The molecule has 0 fully saturated rings. The van der Waals surface area contributed by atoms with Crippen LogP contribution in [0.4, 0.5) is 0 Å². The lowest BCUT2D eigenvalue weighted by Gasteiger charge is -2.06. The number of amides is 1. The summed E-state index contributed by atoms with van der Waals surface area (Å²) in [5.74, 6) is -1.00. The summed E-state index contributed by atoms with van der Waals surface area (Å²) in [5.41, 5.74) is 2.06. The highest BCUT2D eigenvalue weighted by Crippen LogP contribution is 2.16. The van der Waals surface area contributed by atoms with Crippen LogP contribution in [0.3, 0.4) is 0 Å². The standard InChI is InChI=1S/C18H15ClN2O4/c19-13-4-2-1-3-12(13)10-20-17(23)8-7-15(22)11-5-6-14-16(9-11)25-18(24)21-14/h1-6,9H,7-8,10H2,(H,20,23)(H,21,24). The number of rotatable bonds is 6. The number of carbonyl (C=O) groups excluding carboxylic acids is 2. The number of fused-ring (bicyclic) bond motifs is 1. The molecule has 6 nitrogen and oxygen atoms in total. The number of nitrogens with one attached hydrogen (secondary N) is 2. The summed E-state index contributed by atoms with van der Waals surface area (Å²) >= 11 is 6.03. The van der Waals surface area contributed by atoms with Gasteiger partial charge < -0.3 is 9.73 Å². The highest BCUT2D eigenvalue weighted by atomic mass is 35.5. The predicted molar refractivity (Wildman–Crippen MR) is 93.7 cm³/mol.